The van der Waals surface area contributed by atoms with E-state index in [1.165, 1.54) is 47.7 Å². The number of hydrogen-bond donors (Lipinski definition) is 1. The van der Waals surface area contributed by atoms with E-state index in [2.05, 4.69) is 19.2 Å². The maximum Gasteiger partial charge on any atom is 0.116 e. The van der Waals surface area contributed by atoms with Gasteiger partial charge in [0.15, 0.2) is 0 Å². The zero-order valence-electron chi connectivity index (χ0n) is 12.9. The fourth-order valence-electron chi connectivity index (χ4n) is 3.83. The van der Waals surface area contributed by atoms with Crippen molar-refractivity contribution >= 4 is 11.3 Å². The van der Waals surface area contributed by atoms with E-state index in [9.17, 15) is 0 Å². The van der Waals surface area contributed by atoms with Gasteiger partial charge < -0.3 is 10.1 Å². The predicted octanol–water partition coefficient (Wildman–Crippen LogP) is 3.41. The molecule has 1 N–H and O–H groups in total. The highest BCUT2D eigenvalue weighted by Gasteiger charge is 2.45. The van der Waals surface area contributed by atoms with Crippen LogP contribution in [0.2, 0.25) is 0 Å². The molecule has 2 aliphatic carbocycles. The number of nitrogens with one attached hydrogen (secondary N) is 1. The maximum atomic E-state index is 5.87. The zero-order valence-corrected chi connectivity index (χ0v) is 13.7. The minimum atomic E-state index is -0.0594. The summed E-state index contributed by atoms with van der Waals surface area (Å²) in [5.41, 5.74) is 1.30. The fourth-order valence-corrected chi connectivity index (χ4v) is 5.20. The molecule has 1 fully saturated rings. The normalized spacial score (nSPS) is 29.9. The Kier molecular flexibility index (Phi) is 4.16. The predicted molar refractivity (Wildman–Crippen MR) is 83.4 cm³/mol. The smallest absolute Gasteiger partial charge is 0.116 e. The van der Waals surface area contributed by atoms with Crippen LogP contribution >= 0.6 is 11.3 Å². The summed E-state index contributed by atoms with van der Waals surface area (Å²) in [5.74, 6) is 0. The Morgan fingerprint density at radius 1 is 1.30 bits per heavy atom. The lowest BCUT2D eigenvalue weighted by Crippen LogP contribution is -2.56. The summed E-state index contributed by atoms with van der Waals surface area (Å²) in [6.07, 6.45) is 8.76. The van der Waals surface area contributed by atoms with Crippen molar-refractivity contribution in [3.8, 4) is 0 Å². The first kappa shape index (κ1) is 14.5. The van der Waals surface area contributed by atoms with Gasteiger partial charge >= 0.3 is 0 Å². The van der Waals surface area contributed by atoms with Crippen molar-refractivity contribution < 1.29 is 4.74 Å². The minimum Gasteiger partial charge on any atom is -0.379 e. The Morgan fingerprint density at radius 2 is 2.15 bits per heavy atom. The second-order valence-corrected chi connectivity index (χ2v) is 7.57. The fraction of sp³-hybridized carbons (Fsp3) is 0.812. The largest absolute Gasteiger partial charge is 0.379 e. The van der Waals surface area contributed by atoms with Crippen molar-refractivity contribution in [1.29, 1.82) is 0 Å². The lowest BCUT2D eigenvalue weighted by Gasteiger charge is -2.44. The molecule has 3 nitrogen and oxygen atoms in total. The molecule has 1 aromatic heterocycles. The van der Waals surface area contributed by atoms with Gasteiger partial charge in [-0.15, -0.1) is 11.3 Å². The van der Waals surface area contributed by atoms with Crippen molar-refractivity contribution in [1.82, 2.24) is 10.3 Å². The van der Waals surface area contributed by atoms with E-state index in [0.29, 0.717) is 6.04 Å². The summed E-state index contributed by atoms with van der Waals surface area (Å²) in [7, 11) is 1.86. The molecular weight excluding hydrogens is 268 g/mol. The highest BCUT2D eigenvalue weighted by molar-refractivity contribution is 7.12. The Bertz CT molecular complexity index is 450. The van der Waals surface area contributed by atoms with E-state index in [-0.39, 0.29) is 11.6 Å². The molecule has 0 saturated heterocycles. The minimum absolute atomic E-state index is 0.0594. The van der Waals surface area contributed by atoms with Gasteiger partial charge in [0.2, 0.25) is 0 Å². The van der Waals surface area contributed by atoms with Crippen molar-refractivity contribution in [2.24, 2.45) is 0 Å². The number of nitrogens with zero attached hydrogens (tertiary/aromatic N) is 1. The molecule has 0 bridgehead atoms. The topological polar surface area (TPSA) is 34.1 Å². The van der Waals surface area contributed by atoms with E-state index < -0.39 is 0 Å². The number of thiazole rings is 1. The molecule has 1 heterocycles. The van der Waals surface area contributed by atoms with Gasteiger partial charge in [0.1, 0.15) is 5.01 Å². The van der Waals surface area contributed by atoms with Crippen molar-refractivity contribution in [3.63, 3.8) is 0 Å². The van der Waals surface area contributed by atoms with E-state index in [4.69, 9.17) is 9.72 Å². The molecule has 2 atom stereocenters. The van der Waals surface area contributed by atoms with Gasteiger partial charge in [-0.3, -0.25) is 0 Å². The van der Waals surface area contributed by atoms with Crippen LogP contribution in [0.3, 0.4) is 0 Å². The van der Waals surface area contributed by atoms with Crippen LogP contribution in [0.1, 0.15) is 61.5 Å². The van der Waals surface area contributed by atoms with Crippen molar-refractivity contribution in [2.45, 2.75) is 76.5 Å². The number of methoxy groups -OCH3 is 1. The average Bonchev–Trinajstić information content (AvgIpc) is 2.99. The Morgan fingerprint density at radius 3 is 2.85 bits per heavy atom. The van der Waals surface area contributed by atoms with Gasteiger partial charge in [0, 0.05) is 18.0 Å². The van der Waals surface area contributed by atoms with Gasteiger partial charge in [0.25, 0.3) is 0 Å². The van der Waals surface area contributed by atoms with Crippen LogP contribution in [0, 0.1) is 0 Å². The van der Waals surface area contributed by atoms with E-state index in [1.54, 1.807) is 0 Å². The molecule has 1 aromatic rings. The highest BCUT2D eigenvalue weighted by atomic mass is 32.1. The number of fused-ring (bicyclic) bond motifs is 1. The summed E-state index contributed by atoms with van der Waals surface area (Å²) in [6.45, 7) is 4.45. The Labute approximate surface area is 126 Å². The lowest BCUT2D eigenvalue weighted by atomic mass is 9.78. The van der Waals surface area contributed by atoms with Crippen LogP contribution < -0.4 is 5.32 Å². The Hall–Kier alpha value is -0.450. The first-order valence-electron chi connectivity index (χ1n) is 7.95. The lowest BCUT2D eigenvalue weighted by molar-refractivity contribution is -0.0194. The van der Waals surface area contributed by atoms with Gasteiger partial charge in [0.05, 0.1) is 17.3 Å². The van der Waals surface area contributed by atoms with E-state index in [0.717, 1.165) is 12.8 Å². The molecule has 0 aliphatic heterocycles. The van der Waals surface area contributed by atoms with Gasteiger partial charge in [-0.2, -0.15) is 0 Å². The summed E-state index contributed by atoms with van der Waals surface area (Å²) in [5, 5.41) is 5.10. The summed E-state index contributed by atoms with van der Waals surface area (Å²) >= 11 is 1.93. The van der Waals surface area contributed by atoms with Crippen LogP contribution in [-0.2, 0) is 23.1 Å². The summed E-state index contributed by atoms with van der Waals surface area (Å²) < 4.78 is 5.87. The summed E-state index contributed by atoms with van der Waals surface area (Å²) in [4.78, 5) is 6.53. The first-order valence-corrected chi connectivity index (χ1v) is 8.77. The van der Waals surface area contributed by atoms with Gasteiger partial charge in [-0.25, -0.2) is 4.98 Å². The molecule has 2 aliphatic rings. The van der Waals surface area contributed by atoms with E-state index >= 15 is 0 Å². The Balaban J connectivity index is 1.99. The molecule has 20 heavy (non-hydrogen) atoms. The van der Waals surface area contributed by atoms with Gasteiger partial charge in [-0.05, 0) is 46.0 Å². The SMILES string of the molecule is COC1CCCCC1(NC(C)C)c1nc2c(s1)CCC2. The highest BCUT2D eigenvalue weighted by Crippen LogP contribution is 2.43. The zero-order chi connectivity index (χ0) is 14.2. The number of aromatic nitrogens is 1. The first-order chi connectivity index (χ1) is 9.65. The second-order valence-electron chi connectivity index (χ2n) is 6.48. The third-order valence-corrected chi connectivity index (χ3v) is 5.98. The monoisotopic (exact) mass is 294 g/mol. The third kappa shape index (κ3) is 2.42. The van der Waals surface area contributed by atoms with Crippen molar-refractivity contribution in [3.05, 3.63) is 15.6 Å². The summed E-state index contributed by atoms with van der Waals surface area (Å²) in [6, 6.07) is 0.449. The molecular formula is C16H26N2OS. The van der Waals surface area contributed by atoms with Crippen LogP contribution in [0.15, 0.2) is 0 Å². The molecule has 4 heteroatoms. The molecule has 2 unspecified atom stereocenters. The maximum absolute atomic E-state index is 5.87. The number of hydrogen-bond acceptors (Lipinski definition) is 4. The number of rotatable bonds is 4. The van der Waals surface area contributed by atoms with Crippen LogP contribution in [0.25, 0.3) is 0 Å². The molecule has 0 spiro atoms. The van der Waals surface area contributed by atoms with Crippen molar-refractivity contribution in [2.75, 3.05) is 7.11 Å². The van der Waals surface area contributed by atoms with Crippen LogP contribution in [0.4, 0.5) is 0 Å². The standard InChI is InChI=1S/C16H26N2OS/c1-11(2)18-16(10-5-4-9-14(16)19-3)15-17-12-7-6-8-13(12)20-15/h11,14,18H,4-10H2,1-3H3. The second kappa shape index (κ2) is 5.74. The molecule has 0 amide bonds. The van der Waals surface area contributed by atoms with E-state index in [1.807, 2.05) is 18.4 Å². The van der Waals surface area contributed by atoms with Crippen LogP contribution in [0.5, 0.6) is 0 Å². The quantitative estimate of drug-likeness (QED) is 0.924. The van der Waals surface area contributed by atoms with Gasteiger partial charge in [-0.1, -0.05) is 12.8 Å². The average molecular weight is 294 g/mol. The molecule has 112 valence electrons. The third-order valence-electron chi connectivity index (χ3n) is 4.65. The number of aryl methyl sites for hydroxylation is 2. The molecule has 0 aromatic carbocycles. The molecule has 3 rings (SSSR count). The number of ether oxygens (including phenoxy) is 1. The molecule has 1 saturated carbocycles. The van der Waals surface area contributed by atoms with Crippen LogP contribution in [-0.4, -0.2) is 24.2 Å². The molecule has 0 radical (unpaired) electrons.